The van der Waals surface area contributed by atoms with E-state index >= 15 is 0 Å². The van der Waals surface area contributed by atoms with E-state index in [0.29, 0.717) is 49.4 Å². The number of benzene rings is 3. The van der Waals surface area contributed by atoms with E-state index in [1.807, 2.05) is 31.2 Å². The SMILES string of the molecule is CC1=C(C(=O)Nc2ccc(Cl)cc2)[C@@H](c2ccc(F)cc2)n2nc(SCc3cccc(Cl)c3)nc2N1. The lowest BCUT2D eigenvalue weighted by Crippen LogP contribution is -2.31. The van der Waals surface area contributed by atoms with Crippen molar-refractivity contribution in [3.05, 3.63) is 111 Å². The van der Waals surface area contributed by atoms with Crippen LogP contribution in [-0.2, 0) is 10.5 Å². The molecule has 0 saturated heterocycles. The van der Waals surface area contributed by atoms with Crippen molar-refractivity contribution in [2.45, 2.75) is 23.9 Å². The highest BCUT2D eigenvalue weighted by Gasteiger charge is 2.34. The number of halogens is 3. The minimum absolute atomic E-state index is 0.314. The van der Waals surface area contributed by atoms with Gasteiger partial charge in [0, 0.05) is 27.2 Å². The summed E-state index contributed by atoms with van der Waals surface area (Å²) in [4.78, 5) is 18.1. The molecule has 1 aliphatic rings. The number of nitrogens with one attached hydrogen (secondary N) is 2. The lowest BCUT2D eigenvalue weighted by Gasteiger charge is -2.28. The number of carbonyl (C=O) groups is 1. The Kier molecular flexibility index (Phi) is 7.00. The normalized spacial score (nSPS) is 14.8. The van der Waals surface area contributed by atoms with Crippen LogP contribution in [-0.4, -0.2) is 20.7 Å². The fraction of sp³-hybridized carbons (Fsp3) is 0.115. The fourth-order valence-corrected chi connectivity index (χ4v) is 5.06. The molecule has 36 heavy (non-hydrogen) atoms. The first-order valence-electron chi connectivity index (χ1n) is 11.0. The Balaban J connectivity index is 1.48. The van der Waals surface area contributed by atoms with E-state index < -0.39 is 6.04 Å². The molecular weight excluding hydrogens is 520 g/mol. The molecule has 0 spiro atoms. The molecule has 4 aromatic rings. The van der Waals surface area contributed by atoms with Crippen LogP contribution in [0.4, 0.5) is 16.0 Å². The molecule has 182 valence electrons. The zero-order chi connectivity index (χ0) is 25.2. The summed E-state index contributed by atoms with van der Waals surface area (Å²) in [5.41, 5.74) is 3.42. The quantitative estimate of drug-likeness (QED) is 0.259. The second-order valence-corrected chi connectivity index (χ2v) is 9.98. The number of hydrogen-bond acceptors (Lipinski definition) is 5. The van der Waals surface area contributed by atoms with Gasteiger partial charge in [-0.25, -0.2) is 9.07 Å². The summed E-state index contributed by atoms with van der Waals surface area (Å²) in [5.74, 6) is 0.447. The van der Waals surface area contributed by atoms with Gasteiger partial charge in [-0.05, 0) is 66.6 Å². The molecule has 5 rings (SSSR count). The Morgan fingerprint density at radius 2 is 1.83 bits per heavy atom. The number of carbonyl (C=O) groups excluding carboxylic acids is 1. The maximum absolute atomic E-state index is 13.7. The number of amides is 1. The minimum Gasteiger partial charge on any atom is -0.328 e. The summed E-state index contributed by atoms with van der Waals surface area (Å²) in [7, 11) is 0. The predicted octanol–water partition coefficient (Wildman–Crippen LogP) is 6.94. The molecule has 1 aromatic heterocycles. The molecule has 0 fully saturated rings. The van der Waals surface area contributed by atoms with E-state index in [1.54, 1.807) is 41.1 Å². The van der Waals surface area contributed by atoms with Crippen LogP contribution in [0.15, 0.2) is 89.2 Å². The molecular formula is C26H20Cl2FN5OS. The van der Waals surface area contributed by atoms with Crippen molar-refractivity contribution in [2.24, 2.45) is 0 Å². The third-order valence-corrected chi connectivity index (χ3v) is 7.02. The summed E-state index contributed by atoms with van der Waals surface area (Å²) >= 11 is 13.5. The van der Waals surface area contributed by atoms with Gasteiger partial charge in [0.05, 0.1) is 5.57 Å². The summed E-state index contributed by atoms with van der Waals surface area (Å²) in [5, 5.41) is 12.6. The first kappa shape index (κ1) is 24.4. The monoisotopic (exact) mass is 539 g/mol. The molecule has 10 heteroatoms. The third kappa shape index (κ3) is 5.26. The van der Waals surface area contributed by atoms with Gasteiger partial charge < -0.3 is 10.6 Å². The van der Waals surface area contributed by atoms with Crippen molar-refractivity contribution in [1.29, 1.82) is 0 Å². The Hall–Kier alpha value is -3.33. The van der Waals surface area contributed by atoms with E-state index in [4.69, 9.17) is 28.3 Å². The predicted molar refractivity (Wildman–Crippen MR) is 142 cm³/mol. The number of nitrogens with zero attached hydrogens (tertiary/aromatic N) is 3. The first-order chi connectivity index (χ1) is 17.4. The van der Waals surface area contributed by atoms with Crippen molar-refractivity contribution in [3.63, 3.8) is 0 Å². The Morgan fingerprint density at radius 1 is 1.08 bits per heavy atom. The summed E-state index contributed by atoms with van der Waals surface area (Å²) in [6, 6.07) is 19.9. The minimum atomic E-state index is -0.609. The van der Waals surface area contributed by atoms with Gasteiger partial charge in [0.15, 0.2) is 0 Å². The molecule has 3 aromatic carbocycles. The lowest BCUT2D eigenvalue weighted by molar-refractivity contribution is -0.113. The fourth-order valence-electron chi connectivity index (χ4n) is 3.95. The number of aromatic nitrogens is 3. The van der Waals surface area contributed by atoms with Gasteiger partial charge in [-0.1, -0.05) is 59.2 Å². The van der Waals surface area contributed by atoms with Crippen molar-refractivity contribution in [3.8, 4) is 0 Å². The van der Waals surface area contributed by atoms with Crippen molar-refractivity contribution in [1.82, 2.24) is 14.8 Å². The highest BCUT2D eigenvalue weighted by molar-refractivity contribution is 7.98. The standard InChI is InChI=1S/C26H20Cl2FN5OS/c1-15-22(24(35)31-21-11-7-18(27)8-12-21)23(17-5-9-20(29)10-6-17)34-25(30-15)32-26(33-34)36-14-16-3-2-4-19(28)13-16/h2-13,23H,14H2,1H3,(H,31,35)(H,30,32,33)/t23-/m1/s1. The zero-order valence-electron chi connectivity index (χ0n) is 19.0. The highest BCUT2D eigenvalue weighted by Crippen LogP contribution is 2.37. The Bertz CT molecular complexity index is 1450. The number of allylic oxidation sites excluding steroid dienone is 1. The molecule has 0 bridgehead atoms. The number of anilines is 2. The molecule has 1 atom stereocenters. The molecule has 0 aliphatic carbocycles. The van der Waals surface area contributed by atoms with Gasteiger partial charge in [0.1, 0.15) is 11.9 Å². The van der Waals surface area contributed by atoms with Crippen LogP contribution in [0.2, 0.25) is 10.0 Å². The molecule has 0 saturated carbocycles. The average molecular weight is 540 g/mol. The average Bonchev–Trinajstić information content (AvgIpc) is 3.26. The van der Waals surface area contributed by atoms with E-state index in [-0.39, 0.29) is 11.7 Å². The van der Waals surface area contributed by atoms with Crippen LogP contribution in [0.5, 0.6) is 0 Å². The van der Waals surface area contributed by atoms with Crippen molar-refractivity contribution < 1.29 is 9.18 Å². The van der Waals surface area contributed by atoms with E-state index in [1.165, 1.54) is 23.9 Å². The summed E-state index contributed by atoms with van der Waals surface area (Å²) in [6.45, 7) is 1.81. The van der Waals surface area contributed by atoms with Gasteiger partial charge in [0.2, 0.25) is 11.1 Å². The topological polar surface area (TPSA) is 71.8 Å². The maximum atomic E-state index is 13.7. The van der Waals surface area contributed by atoms with E-state index in [2.05, 4.69) is 15.6 Å². The van der Waals surface area contributed by atoms with Crippen LogP contribution < -0.4 is 10.6 Å². The lowest BCUT2D eigenvalue weighted by atomic mass is 9.95. The second-order valence-electron chi connectivity index (χ2n) is 8.16. The molecule has 0 unspecified atom stereocenters. The molecule has 2 heterocycles. The smallest absolute Gasteiger partial charge is 0.255 e. The molecule has 0 radical (unpaired) electrons. The molecule has 2 N–H and O–H groups in total. The molecule has 6 nitrogen and oxygen atoms in total. The highest BCUT2D eigenvalue weighted by atomic mass is 35.5. The molecule has 1 aliphatic heterocycles. The Morgan fingerprint density at radius 3 is 2.56 bits per heavy atom. The van der Waals surface area contributed by atoms with Gasteiger partial charge >= 0.3 is 0 Å². The van der Waals surface area contributed by atoms with Gasteiger partial charge in [-0.2, -0.15) is 4.98 Å². The number of fused-ring (bicyclic) bond motifs is 1. The van der Waals surface area contributed by atoms with Crippen molar-refractivity contribution >= 4 is 52.5 Å². The summed E-state index contributed by atoms with van der Waals surface area (Å²) < 4.78 is 15.4. The largest absolute Gasteiger partial charge is 0.328 e. The maximum Gasteiger partial charge on any atom is 0.255 e. The second kappa shape index (κ2) is 10.3. The third-order valence-electron chi connectivity index (χ3n) is 5.62. The van der Waals surface area contributed by atoms with Crippen LogP contribution >= 0.6 is 35.0 Å². The van der Waals surface area contributed by atoms with Crippen LogP contribution in [0.1, 0.15) is 24.1 Å². The Labute approximate surface area is 221 Å². The zero-order valence-corrected chi connectivity index (χ0v) is 21.3. The number of thioether (sulfide) groups is 1. The van der Waals surface area contributed by atoms with Gasteiger partial charge in [-0.15, -0.1) is 5.10 Å². The first-order valence-corrected chi connectivity index (χ1v) is 12.8. The number of rotatable bonds is 6. The van der Waals surface area contributed by atoms with Gasteiger partial charge in [0.25, 0.3) is 5.91 Å². The van der Waals surface area contributed by atoms with Gasteiger partial charge in [-0.3, -0.25) is 4.79 Å². The van der Waals surface area contributed by atoms with E-state index in [0.717, 1.165) is 5.56 Å². The van der Waals surface area contributed by atoms with E-state index in [9.17, 15) is 9.18 Å². The van der Waals surface area contributed by atoms with Crippen LogP contribution in [0, 0.1) is 5.82 Å². The molecule has 1 amide bonds. The van der Waals surface area contributed by atoms with Crippen LogP contribution in [0.25, 0.3) is 0 Å². The van der Waals surface area contributed by atoms with Crippen molar-refractivity contribution in [2.75, 3.05) is 10.6 Å². The summed E-state index contributed by atoms with van der Waals surface area (Å²) in [6.07, 6.45) is 0. The number of hydrogen-bond donors (Lipinski definition) is 2. The van der Waals surface area contributed by atoms with Crippen LogP contribution in [0.3, 0.4) is 0 Å².